The van der Waals surface area contributed by atoms with E-state index in [1.165, 1.54) is 37.0 Å². The van der Waals surface area contributed by atoms with Crippen molar-refractivity contribution in [2.45, 2.75) is 45.4 Å². The van der Waals surface area contributed by atoms with Crippen molar-refractivity contribution in [1.82, 2.24) is 4.90 Å². The molecule has 98 valence electrons. The third-order valence-electron chi connectivity index (χ3n) is 3.75. The Morgan fingerprint density at radius 2 is 2.00 bits per heavy atom. The lowest BCUT2D eigenvalue weighted by atomic mass is 9.82. The van der Waals surface area contributed by atoms with Gasteiger partial charge in [0.15, 0.2) is 0 Å². The summed E-state index contributed by atoms with van der Waals surface area (Å²) < 4.78 is 0. The number of rotatable bonds is 4. The smallest absolute Gasteiger partial charge is 0.233 e. The van der Waals surface area contributed by atoms with Gasteiger partial charge in [0.05, 0.1) is 18.4 Å². The lowest BCUT2D eigenvalue weighted by Crippen LogP contribution is -2.38. The first kappa shape index (κ1) is 14.2. The Morgan fingerprint density at radius 3 is 2.47 bits per heavy atom. The molecule has 1 rings (SSSR count). The molecule has 4 heteroatoms. The Labute approximate surface area is 104 Å². The molecule has 1 unspecified atom stereocenters. The van der Waals surface area contributed by atoms with E-state index in [1.807, 2.05) is 0 Å². The molecule has 2 N–H and O–H groups in total. The second-order valence-corrected chi connectivity index (χ2v) is 5.10. The van der Waals surface area contributed by atoms with E-state index in [0.29, 0.717) is 5.92 Å². The molecule has 0 spiro atoms. The van der Waals surface area contributed by atoms with Crippen LogP contribution in [-0.2, 0) is 4.79 Å². The summed E-state index contributed by atoms with van der Waals surface area (Å²) in [5.74, 6) is 0.357. The van der Waals surface area contributed by atoms with Gasteiger partial charge in [0.2, 0.25) is 5.91 Å². The average molecular weight is 240 g/mol. The summed E-state index contributed by atoms with van der Waals surface area (Å²) in [4.78, 5) is 13.4. The molecule has 0 aromatic heterocycles. The van der Waals surface area contributed by atoms with Crippen LogP contribution in [-0.4, -0.2) is 35.4 Å². The van der Waals surface area contributed by atoms with Gasteiger partial charge in [0.1, 0.15) is 0 Å². The van der Waals surface area contributed by atoms with Crippen molar-refractivity contribution in [3.8, 4) is 0 Å². The van der Waals surface area contributed by atoms with Crippen LogP contribution in [0.5, 0.6) is 0 Å². The zero-order valence-corrected chi connectivity index (χ0v) is 10.9. The Balaban J connectivity index is 2.51. The summed E-state index contributed by atoms with van der Waals surface area (Å²) >= 11 is 0. The van der Waals surface area contributed by atoms with Gasteiger partial charge in [0.25, 0.3) is 0 Å². The van der Waals surface area contributed by atoms with Crippen molar-refractivity contribution >= 4 is 11.7 Å². The molecular formula is C13H24N2O2. The van der Waals surface area contributed by atoms with Crippen molar-refractivity contribution < 1.29 is 9.90 Å². The van der Waals surface area contributed by atoms with E-state index in [-0.39, 0.29) is 24.3 Å². The van der Waals surface area contributed by atoms with Crippen LogP contribution in [0.25, 0.3) is 0 Å². The molecule has 1 aliphatic rings. The third-order valence-corrected chi connectivity index (χ3v) is 3.75. The van der Waals surface area contributed by atoms with Crippen molar-refractivity contribution in [2.24, 2.45) is 11.8 Å². The largest absolute Gasteiger partial charge is 0.396 e. The predicted molar refractivity (Wildman–Crippen MR) is 67.9 cm³/mol. The van der Waals surface area contributed by atoms with Crippen LogP contribution in [0.15, 0.2) is 0 Å². The second-order valence-electron chi connectivity index (χ2n) is 5.10. The van der Waals surface area contributed by atoms with Crippen LogP contribution in [0, 0.1) is 17.2 Å². The second kappa shape index (κ2) is 6.74. The number of amidine groups is 1. The van der Waals surface area contributed by atoms with E-state index in [4.69, 9.17) is 5.41 Å². The number of aliphatic hydroxyl groups is 1. The van der Waals surface area contributed by atoms with Crippen LogP contribution < -0.4 is 0 Å². The number of carbonyl (C=O) groups excluding carboxylic acids is 1. The summed E-state index contributed by atoms with van der Waals surface area (Å²) in [7, 11) is 1.61. The Bertz CT molecular complexity index is 273. The van der Waals surface area contributed by atoms with Crippen molar-refractivity contribution in [3.05, 3.63) is 0 Å². The lowest BCUT2D eigenvalue weighted by Gasteiger charge is -2.27. The molecule has 1 atom stereocenters. The number of aliphatic hydroxyl groups excluding tert-OH is 1. The first-order valence-corrected chi connectivity index (χ1v) is 6.49. The molecule has 1 fully saturated rings. The summed E-state index contributed by atoms with van der Waals surface area (Å²) in [5.41, 5.74) is 0. The molecule has 0 aromatic carbocycles. The van der Waals surface area contributed by atoms with Gasteiger partial charge >= 0.3 is 0 Å². The fourth-order valence-electron chi connectivity index (χ4n) is 2.52. The fraction of sp³-hybridized carbons (Fsp3) is 0.846. The van der Waals surface area contributed by atoms with Gasteiger partial charge in [-0.1, -0.05) is 32.1 Å². The zero-order valence-electron chi connectivity index (χ0n) is 10.9. The third kappa shape index (κ3) is 4.11. The van der Waals surface area contributed by atoms with E-state index < -0.39 is 0 Å². The number of hydrogen-bond acceptors (Lipinski definition) is 3. The Hall–Kier alpha value is -0.900. The fourth-order valence-corrected chi connectivity index (χ4v) is 2.52. The van der Waals surface area contributed by atoms with E-state index in [1.54, 1.807) is 14.0 Å². The monoisotopic (exact) mass is 240 g/mol. The van der Waals surface area contributed by atoms with Crippen molar-refractivity contribution in [1.29, 1.82) is 5.41 Å². The van der Waals surface area contributed by atoms with Crippen LogP contribution >= 0.6 is 0 Å². The normalized spacial score (nSPS) is 18.8. The quantitative estimate of drug-likeness (QED) is 0.583. The molecule has 1 amide bonds. The van der Waals surface area contributed by atoms with Gasteiger partial charge in [-0.05, 0) is 19.3 Å². The molecule has 0 aliphatic heterocycles. The molecule has 17 heavy (non-hydrogen) atoms. The first-order chi connectivity index (χ1) is 8.06. The van der Waals surface area contributed by atoms with E-state index in [0.717, 1.165) is 6.42 Å². The number of nitrogens with one attached hydrogen (secondary N) is 1. The SMILES string of the molecule is CC(=N)N(C)C(=O)C(CO)CC1CCCCC1. The van der Waals surface area contributed by atoms with Crippen LogP contribution in [0.3, 0.4) is 0 Å². The number of amides is 1. The van der Waals surface area contributed by atoms with Gasteiger partial charge in [-0.2, -0.15) is 0 Å². The van der Waals surface area contributed by atoms with Gasteiger partial charge < -0.3 is 10.0 Å². The van der Waals surface area contributed by atoms with Crippen LogP contribution in [0.2, 0.25) is 0 Å². The van der Waals surface area contributed by atoms with Gasteiger partial charge in [0, 0.05) is 7.05 Å². The Morgan fingerprint density at radius 1 is 1.41 bits per heavy atom. The summed E-state index contributed by atoms with van der Waals surface area (Å²) in [6.45, 7) is 1.49. The molecule has 1 saturated carbocycles. The van der Waals surface area contributed by atoms with Gasteiger partial charge in [-0.15, -0.1) is 0 Å². The number of nitrogens with zero attached hydrogens (tertiary/aromatic N) is 1. The van der Waals surface area contributed by atoms with Crippen LogP contribution in [0.1, 0.15) is 45.4 Å². The number of carbonyl (C=O) groups is 1. The maximum atomic E-state index is 12.0. The van der Waals surface area contributed by atoms with E-state index >= 15 is 0 Å². The molecule has 0 bridgehead atoms. The minimum Gasteiger partial charge on any atom is -0.396 e. The number of hydrogen-bond donors (Lipinski definition) is 2. The summed E-state index contributed by atoms with van der Waals surface area (Å²) in [5, 5.41) is 16.8. The maximum absolute atomic E-state index is 12.0. The minimum absolute atomic E-state index is 0.104. The van der Waals surface area contributed by atoms with Crippen molar-refractivity contribution in [3.63, 3.8) is 0 Å². The summed E-state index contributed by atoms with van der Waals surface area (Å²) in [6, 6.07) is 0. The molecule has 1 aliphatic carbocycles. The van der Waals surface area contributed by atoms with E-state index in [9.17, 15) is 9.90 Å². The first-order valence-electron chi connectivity index (χ1n) is 6.49. The zero-order chi connectivity index (χ0) is 12.8. The molecular weight excluding hydrogens is 216 g/mol. The highest BCUT2D eigenvalue weighted by atomic mass is 16.3. The highest BCUT2D eigenvalue weighted by Crippen LogP contribution is 2.29. The maximum Gasteiger partial charge on any atom is 0.233 e. The molecule has 0 aromatic rings. The van der Waals surface area contributed by atoms with E-state index in [2.05, 4.69) is 0 Å². The minimum atomic E-state index is -0.330. The molecule has 0 heterocycles. The standard InChI is InChI=1S/C13H24N2O2/c1-10(14)15(2)13(17)12(9-16)8-11-6-4-3-5-7-11/h11-12,14,16H,3-9H2,1-2H3. The van der Waals surface area contributed by atoms with Gasteiger partial charge in [-0.25, -0.2) is 0 Å². The highest BCUT2D eigenvalue weighted by molar-refractivity contribution is 5.96. The summed E-state index contributed by atoms with van der Waals surface area (Å²) in [6.07, 6.45) is 6.92. The van der Waals surface area contributed by atoms with Gasteiger partial charge in [-0.3, -0.25) is 10.2 Å². The average Bonchev–Trinajstić information content (AvgIpc) is 2.35. The topological polar surface area (TPSA) is 64.4 Å². The van der Waals surface area contributed by atoms with Crippen molar-refractivity contribution in [2.75, 3.05) is 13.7 Å². The van der Waals surface area contributed by atoms with Crippen LogP contribution in [0.4, 0.5) is 0 Å². The molecule has 0 radical (unpaired) electrons. The lowest BCUT2D eigenvalue weighted by molar-refractivity contribution is -0.132. The highest BCUT2D eigenvalue weighted by Gasteiger charge is 2.26. The predicted octanol–water partition coefficient (Wildman–Crippen LogP) is 2.02. The molecule has 0 saturated heterocycles. The molecule has 4 nitrogen and oxygen atoms in total. The Kier molecular flexibility index (Phi) is 5.62.